The van der Waals surface area contributed by atoms with E-state index in [0.29, 0.717) is 17.0 Å². The van der Waals surface area contributed by atoms with Crippen LogP contribution >= 0.6 is 0 Å². The molecule has 3 aromatic carbocycles. The molecule has 0 saturated carbocycles. The number of aromatic nitrogens is 2. The normalized spacial score (nSPS) is 13.8. The molecule has 37 heavy (non-hydrogen) atoms. The lowest BCUT2D eigenvalue weighted by molar-refractivity contribution is -0.174. The Bertz CT molecular complexity index is 1390. The minimum Gasteiger partial charge on any atom is -0.484 e. The standard InChI is InChI=1S/C28H27F4N3O2/c1-17(34-26(36)28(30,31)32)25(18-5-7-20(8-6-18)27(2,3)4)37-23-13-14-24-19(15-23)16-33-35(24)22-11-9-21(29)10-12-22/h5-17,25H,1-4H3,(H,34,36). The molecule has 1 N–H and O–H groups in total. The molecule has 1 aromatic heterocycles. The van der Waals surface area contributed by atoms with Crippen LogP contribution in [-0.2, 0) is 10.2 Å². The lowest BCUT2D eigenvalue weighted by atomic mass is 9.86. The summed E-state index contributed by atoms with van der Waals surface area (Å²) in [7, 11) is 0. The van der Waals surface area contributed by atoms with Gasteiger partial charge < -0.3 is 10.1 Å². The number of rotatable bonds is 6. The second-order valence-corrected chi connectivity index (χ2v) is 9.92. The molecule has 2 unspecified atom stereocenters. The van der Waals surface area contributed by atoms with Crippen LogP contribution in [0.1, 0.15) is 44.9 Å². The third kappa shape index (κ3) is 5.93. The number of nitrogens with one attached hydrogen (secondary N) is 1. The monoisotopic (exact) mass is 513 g/mol. The summed E-state index contributed by atoms with van der Waals surface area (Å²) < 4.78 is 60.0. The molecule has 0 bridgehead atoms. The lowest BCUT2D eigenvalue weighted by Gasteiger charge is -2.28. The molecule has 0 aliphatic heterocycles. The Morgan fingerprint density at radius 3 is 2.22 bits per heavy atom. The third-order valence-electron chi connectivity index (χ3n) is 6.05. The Kier molecular flexibility index (Phi) is 6.99. The number of fused-ring (bicyclic) bond motifs is 1. The highest BCUT2D eigenvalue weighted by molar-refractivity contribution is 5.82. The van der Waals surface area contributed by atoms with E-state index >= 15 is 0 Å². The minimum absolute atomic E-state index is 0.110. The molecule has 4 rings (SSSR count). The van der Waals surface area contributed by atoms with E-state index in [1.165, 1.54) is 19.1 Å². The highest BCUT2D eigenvalue weighted by atomic mass is 19.4. The smallest absolute Gasteiger partial charge is 0.471 e. The van der Waals surface area contributed by atoms with Crippen molar-refractivity contribution in [3.8, 4) is 11.4 Å². The maximum atomic E-state index is 13.3. The van der Waals surface area contributed by atoms with E-state index in [2.05, 4.69) is 25.9 Å². The second kappa shape index (κ2) is 9.88. The van der Waals surface area contributed by atoms with Crippen LogP contribution in [0.25, 0.3) is 16.6 Å². The highest BCUT2D eigenvalue weighted by Crippen LogP contribution is 2.31. The average Bonchev–Trinajstić information content (AvgIpc) is 3.25. The molecule has 0 aliphatic carbocycles. The van der Waals surface area contributed by atoms with Crippen molar-refractivity contribution in [2.75, 3.05) is 0 Å². The molecule has 0 radical (unpaired) electrons. The molecule has 0 saturated heterocycles. The number of ether oxygens (including phenoxy) is 1. The molecule has 0 spiro atoms. The van der Waals surface area contributed by atoms with Gasteiger partial charge in [0.25, 0.3) is 0 Å². The molecule has 2 atom stereocenters. The number of carbonyl (C=O) groups is 1. The summed E-state index contributed by atoms with van der Waals surface area (Å²) in [5.74, 6) is -2.00. The van der Waals surface area contributed by atoms with Crippen molar-refractivity contribution in [1.29, 1.82) is 0 Å². The van der Waals surface area contributed by atoms with Crippen molar-refractivity contribution in [2.45, 2.75) is 51.4 Å². The van der Waals surface area contributed by atoms with Crippen LogP contribution in [0, 0.1) is 5.82 Å². The number of amides is 1. The van der Waals surface area contributed by atoms with Crippen molar-refractivity contribution < 1.29 is 27.1 Å². The fourth-order valence-corrected chi connectivity index (χ4v) is 4.01. The Hall–Kier alpha value is -3.88. The van der Waals surface area contributed by atoms with E-state index in [0.717, 1.165) is 16.5 Å². The summed E-state index contributed by atoms with van der Waals surface area (Å²) in [5, 5.41) is 7.10. The average molecular weight is 514 g/mol. The van der Waals surface area contributed by atoms with Gasteiger partial charge in [0.1, 0.15) is 17.7 Å². The predicted octanol–water partition coefficient (Wildman–Crippen LogP) is 6.65. The van der Waals surface area contributed by atoms with Crippen LogP contribution in [-0.4, -0.2) is 27.9 Å². The van der Waals surface area contributed by atoms with Gasteiger partial charge >= 0.3 is 12.1 Å². The quantitative estimate of drug-likeness (QED) is 0.294. The zero-order chi connectivity index (χ0) is 27.0. The number of hydrogen-bond donors (Lipinski definition) is 1. The van der Waals surface area contributed by atoms with Gasteiger partial charge in [0.15, 0.2) is 0 Å². The Balaban J connectivity index is 1.65. The fourth-order valence-electron chi connectivity index (χ4n) is 4.01. The van der Waals surface area contributed by atoms with Gasteiger partial charge in [0.2, 0.25) is 0 Å². The first-order chi connectivity index (χ1) is 17.3. The van der Waals surface area contributed by atoms with Crippen LogP contribution in [0.5, 0.6) is 5.75 Å². The van der Waals surface area contributed by atoms with Gasteiger partial charge in [-0.3, -0.25) is 4.79 Å². The summed E-state index contributed by atoms with van der Waals surface area (Å²) >= 11 is 0. The van der Waals surface area contributed by atoms with Gasteiger partial charge in [-0.2, -0.15) is 18.3 Å². The largest absolute Gasteiger partial charge is 0.484 e. The molecule has 1 amide bonds. The molecular formula is C28H27F4N3O2. The van der Waals surface area contributed by atoms with Crippen molar-refractivity contribution in [3.05, 3.63) is 89.9 Å². The van der Waals surface area contributed by atoms with Crippen molar-refractivity contribution in [2.24, 2.45) is 0 Å². The summed E-state index contributed by atoms with van der Waals surface area (Å²) in [5.41, 5.74) is 2.97. The van der Waals surface area contributed by atoms with Crippen molar-refractivity contribution in [1.82, 2.24) is 15.1 Å². The molecular weight excluding hydrogens is 486 g/mol. The summed E-state index contributed by atoms with van der Waals surface area (Å²) in [6.07, 6.45) is -4.29. The van der Waals surface area contributed by atoms with Crippen LogP contribution in [0.15, 0.2) is 72.9 Å². The molecule has 194 valence electrons. The highest BCUT2D eigenvalue weighted by Gasteiger charge is 2.40. The molecule has 9 heteroatoms. The summed E-state index contributed by atoms with van der Waals surface area (Å²) in [6, 6.07) is 17.5. The topological polar surface area (TPSA) is 56.1 Å². The Morgan fingerprint density at radius 1 is 0.973 bits per heavy atom. The molecule has 0 aliphatic rings. The summed E-state index contributed by atoms with van der Waals surface area (Å²) in [4.78, 5) is 11.7. The SMILES string of the molecule is CC(NC(=O)C(F)(F)F)C(Oc1ccc2c(cnn2-c2ccc(F)cc2)c1)c1ccc(C(C)(C)C)cc1. The lowest BCUT2D eigenvalue weighted by Crippen LogP contribution is -2.45. The van der Waals surface area contributed by atoms with Crippen LogP contribution in [0.2, 0.25) is 0 Å². The van der Waals surface area contributed by atoms with Crippen LogP contribution < -0.4 is 10.1 Å². The molecule has 5 nitrogen and oxygen atoms in total. The van der Waals surface area contributed by atoms with E-state index in [9.17, 15) is 22.4 Å². The van der Waals surface area contributed by atoms with Gasteiger partial charge in [-0.05, 0) is 65.9 Å². The summed E-state index contributed by atoms with van der Waals surface area (Å²) in [6.45, 7) is 7.65. The zero-order valence-corrected chi connectivity index (χ0v) is 20.8. The van der Waals surface area contributed by atoms with Gasteiger partial charge in [-0.15, -0.1) is 0 Å². The maximum absolute atomic E-state index is 13.3. The van der Waals surface area contributed by atoms with E-state index < -0.39 is 24.2 Å². The number of halogens is 4. The minimum atomic E-state index is -5.01. The number of hydrogen-bond acceptors (Lipinski definition) is 3. The first kappa shape index (κ1) is 26.2. The van der Waals surface area contributed by atoms with Crippen LogP contribution in [0.3, 0.4) is 0 Å². The molecule has 1 heterocycles. The van der Waals surface area contributed by atoms with Gasteiger partial charge in [-0.1, -0.05) is 45.0 Å². The van der Waals surface area contributed by atoms with E-state index in [1.807, 2.05) is 17.4 Å². The molecule has 4 aromatic rings. The number of carbonyl (C=O) groups excluding carboxylic acids is 1. The second-order valence-electron chi connectivity index (χ2n) is 9.92. The van der Waals surface area contributed by atoms with Gasteiger partial charge in [0.05, 0.1) is 23.4 Å². The van der Waals surface area contributed by atoms with E-state index in [-0.39, 0.29) is 11.2 Å². The van der Waals surface area contributed by atoms with E-state index in [4.69, 9.17) is 4.74 Å². The number of benzene rings is 3. The molecule has 0 fully saturated rings. The Morgan fingerprint density at radius 2 is 1.62 bits per heavy atom. The first-order valence-corrected chi connectivity index (χ1v) is 11.7. The van der Waals surface area contributed by atoms with Crippen molar-refractivity contribution >= 4 is 16.8 Å². The number of alkyl halides is 3. The third-order valence-corrected chi connectivity index (χ3v) is 6.05. The van der Waals surface area contributed by atoms with Gasteiger partial charge in [-0.25, -0.2) is 9.07 Å². The first-order valence-electron chi connectivity index (χ1n) is 11.7. The predicted molar refractivity (Wildman–Crippen MR) is 133 cm³/mol. The van der Waals surface area contributed by atoms with Gasteiger partial charge in [0, 0.05) is 5.39 Å². The zero-order valence-electron chi connectivity index (χ0n) is 20.8. The number of nitrogens with zero attached hydrogens (tertiary/aromatic N) is 2. The maximum Gasteiger partial charge on any atom is 0.471 e. The van der Waals surface area contributed by atoms with E-state index in [1.54, 1.807) is 53.3 Å². The Labute approximate surface area is 212 Å². The van der Waals surface area contributed by atoms with Crippen LogP contribution in [0.4, 0.5) is 17.6 Å². The van der Waals surface area contributed by atoms with Crippen molar-refractivity contribution in [3.63, 3.8) is 0 Å². The fraction of sp³-hybridized carbons (Fsp3) is 0.286.